The molecule has 2 heteroatoms. The normalized spacial score (nSPS) is 51.6. The number of ketones is 1. The van der Waals surface area contributed by atoms with Gasteiger partial charge in [-0.3, -0.25) is 4.79 Å². The van der Waals surface area contributed by atoms with Crippen LogP contribution in [0.3, 0.4) is 0 Å². The third-order valence-corrected chi connectivity index (χ3v) is 7.08. The lowest BCUT2D eigenvalue weighted by atomic mass is 9.72. The number of ether oxygens (including phenoxy) is 1. The molecule has 1 spiro atoms. The highest BCUT2D eigenvalue weighted by Crippen LogP contribution is 2.66. The second-order valence-corrected chi connectivity index (χ2v) is 8.01. The molecule has 3 aliphatic carbocycles. The first kappa shape index (κ1) is 12.4. The first-order valence-electron chi connectivity index (χ1n) is 8.25. The molecule has 1 heterocycles. The van der Waals surface area contributed by atoms with Crippen LogP contribution in [0.15, 0.2) is 0 Å². The van der Waals surface area contributed by atoms with Crippen LogP contribution in [0.1, 0.15) is 65.2 Å². The summed E-state index contributed by atoms with van der Waals surface area (Å²) in [5, 5.41) is 0. The molecule has 1 saturated heterocycles. The molecule has 3 saturated carbocycles. The van der Waals surface area contributed by atoms with Crippen LogP contribution in [-0.2, 0) is 9.53 Å². The van der Waals surface area contributed by atoms with E-state index in [0.29, 0.717) is 29.6 Å². The fourth-order valence-electron chi connectivity index (χ4n) is 5.60. The van der Waals surface area contributed by atoms with Crippen molar-refractivity contribution in [3.8, 4) is 0 Å². The number of rotatable bonds is 0. The van der Waals surface area contributed by atoms with Crippen molar-refractivity contribution in [2.24, 2.45) is 23.2 Å². The maximum atomic E-state index is 12.7. The molecule has 4 fully saturated rings. The van der Waals surface area contributed by atoms with Gasteiger partial charge in [-0.05, 0) is 49.4 Å². The van der Waals surface area contributed by atoms with Crippen LogP contribution in [-0.4, -0.2) is 17.5 Å². The lowest BCUT2D eigenvalue weighted by Gasteiger charge is -2.32. The zero-order valence-electron chi connectivity index (χ0n) is 12.3. The van der Waals surface area contributed by atoms with Crippen LogP contribution in [0, 0.1) is 23.2 Å². The van der Waals surface area contributed by atoms with Crippen LogP contribution in [0.2, 0.25) is 0 Å². The molecule has 0 amide bonds. The average molecular weight is 262 g/mol. The summed E-state index contributed by atoms with van der Waals surface area (Å²) < 4.78 is 6.26. The van der Waals surface area contributed by atoms with Gasteiger partial charge in [-0.1, -0.05) is 26.7 Å². The van der Waals surface area contributed by atoms with Crippen molar-refractivity contribution in [3.63, 3.8) is 0 Å². The third-order valence-electron chi connectivity index (χ3n) is 7.08. The molecule has 0 aromatic rings. The number of carbonyl (C=O) groups is 1. The molecule has 2 nitrogen and oxygen atoms in total. The van der Waals surface area contributed by atoms with Crippen molar-refractivity contribution >= 4 is 5.78 Å². The summed E-state index contributed by atoms with van der Waals surface area (Å²) in [6.45, 7) is 4.71. The van der Waals surface area contributed by atoms with E-state index >= 15 is 0 Å². The van der Waals surface area contributed by atoms with Crippen molar-refractivity contribution < 1.29 is 9.53 Å². The first-order valence-corrected chi connectivity index (χ1v) is 8.25. The van der Waals surface area contributed by atoms with Crippen molar-refractivity contribution in [3.05, 3.63) is 0 Å². The number of fused-ring (bicyclic) bond motifs is 2. The standard InChI is InChI=1S/C17H26O2/c1-16(2)12-7-8-17(16)15(19-17)9-11-5-3-4-6-13(11)14(18)10-12/h11-13,15H,3-10H2,1-2H3/t11-,12?,13-,15?,17-/m1/s1. The monoisotopic (exact) mass is 262 g/mol. The van der Waals surface area contributed by atoms with Gasteiger partial charge in [-0.15, -0.1) is 0 Å². The molecule has 106 valence electrons. The predicted octanol–water partition coefficient (Wildman–Crippen LogP) is 3.73. The van der Waals surface area contributed by atoms with Crippen LogP contribution in [0.25, 0.3) is 0 Å². The zero-order valence-corrected chi connectivity index (χ0v) is 12.3. The Morgan fingerprint density at radius 3 is 2.79 bits per heavy atom. The number of epoxide rings is 1. The molecular formula is C17H26O2. The van der Waals surface area contributed by atoms with E-state index in [0.717, 1.165) is 19.3 Å². The highest BCUT2D eigenvalue weighted by atomic mass is 16.6. The molecule has 0 radical (unpaired) electrons. The topological polar surface area (TPSA) is 29.6 Å². The number of hydrogen-bond donors (Lipinski definition) is 0. The van der Waals surface area contributed by atoms with Crippen LogP contribution >= 0.6 is 0 Å². The predicted molar refractivity (Wildman–Crippen MR) is 73.8 cm³/mol. The molecule has 19 heavy (non-hydrogen) atoms. The minimum atomic E-state index is 0.143. The summed E-state index contributed by atoms with van der Waals surface area (Å²) in [6.07, 6.45) is 9.83. The van der Waals surface area contributed by atoms with Gasteiger partial charge in [0.15, 0.2) is 0 Å². The van der Waals surface area contributed by atoms with Gasteiger partial charge in [-0.25, -0.2) is 0 Å². The molecule has 4 rings (SSSR count). The average Bonchev–Trinajstić information content (AvgIpc) is 3.03. The lowest BCUT2D eigenvalue weighted by molar-refractivity contribution is -0.127. The molecule has 1 aliphatic heterocycles. The van der Waals surface area contributed by atoms with Crippen molar-refractivity contribution in [1.82, 2.24) is 0 Å². The summed E-state index contributed by atoms with van der Waals surface area (Å²) in [5.41, 5.74) is 0.352. The van der Waals surface area contributed by atoms with Crippen LogP contribution < -0.4 is 0 Å². The van der Waals surface area contributed by atoms with Crippen molar-refractivity contribution in [1.29, 1.82) is 0 Å². The van der Waals surface area contributed by atoms with Gasteiger partial charge in [0, 0.05) is 12.3 Å². The van der Waals surface area contributed by atoms with E-state index in [2.05, 4.69) is 13.8 Å². The van der Waals surface area contributed by atoms with Gasteiger partial charge in [0.2, 0.25) is 0 Å². The Bertz CT molecular complexity index is 413. The zero-order chi connectivity index (χ0) is 13.3. The molecule has 5 atom stereocenters. The molecule has 0 aromatic carbocycles. The number of carbonyl (C=O) groups excluding carboxylic acids is 1. The molecule has 0 N–H and O–H groups in total. The highest BCUT2D eigenvalue weighted by Gasteiger charge is 2.70. The van der Waals surface area contributed by atoms with Crippen LogP contribution in [0.5, 0.6) is 0 Å². The Labute approximate surface area is 116 Å². The summed E-state index contributed by atoms with van der Waals surface area (Å²) in [6, 6.07) is 0. The van der Waals surface area contributed by atoms with E-state index < -0.39 is 0 Å². The van der Waals surface area contributed by atoms with E-state index in [9.17, 15) is 4.79 Å². The quantitative estimate of drug-likeness (QED) is 0.623. The van der Waals surface area contributed by atoms with Gasteiger partial charge < -0.3 is 4.74 Å². The van der Waals surface area contributed by atoms with Gasteiger partial charge >= 0.3 is 0 Å². The van der Waals surface area contributed by atoms with Crippen molar-refractivity contribution in [2.45, 2.75) is 76.9 Å². The van der Waals surface area contributed by atoms with Gasteiger partial charge in [0.1, 0.15) is 11.4 Å². The minimum Gasteiger partial charge on any atom is -0.365 e. The minimum absolute atomic E-state index is 0.143. The van der Waals surface area contributed by atoms with Crippen LogP contribution in [0.4, 0.5) is 0 Å². The van der Waals surface area contributed by atoms with Gasteiger partial charge in [0.05, 0.1) is 6.10 Å². The second-order valence-electron chi connectivity index (χ2n) is 8.01. The molecule has 2 bridgehead atoms. The number of hydrogen-bond acceptors (Lipinski definition) is 2. The highest BCUT2D eigenvalue weighted by molar-refractivity contribution is 5.82. The van der Waals surface area contributed by atoms with E-state index in [-0.39, 0.29) is 11.0 Å². The summed E-state index contributed by atoms with van der Waals surface area (Å²) >= 11 is 0. The van der Waals surface area contributed by atoms with E-state index in [1.165, 1.54) is 32.1 Å². The fourth-order valence-corrected chi connectivity index (χ4v) is 5.60. The Hall–Kier alpha value is -0.370. The summed E-state index contributed by atoms with van der Waals surface area (Å²) in [4.78, 5) is 12.7. The SMILES string of the molecule is CC1(C)C2CC[C@]13OC3C[C@H]1CCCC[C@H]1C(=O)C2. The number of Topliss-reactive ketones (excluding diaryl/α,β-unsaturated/α-hetero) is 1. The summed E-state index contributed by atoms with van der Waals surface area (Å²) in [7, 11) is 0. The Kier molecular flexibility index (Phi) is 2.50. The maximum absolute atomic E-state index is 12.7. The molecular weight excluding hydrogens is 236 g/mol. The third kappa shape index (κ3) is 1.55. The molecule has 2 unspecified atom stereocenters. The van der Waals surface area contributed by atoms with Gasteiger partial charge in [-0.2, -0.15) is 0 Å². The molecule has 4 aliphatic rings. The van der Waals surface area contributed by atoms with E-state index in [1.54, 1.807) is 0 Å². The Balaban J connectivity index is 1.68. The second kappa shape index (κ2) is 3.84. The fraction of sp³-hybridized carbons (Fsp3) is 0.941. The largest absolute Gasteiger partial charge is 0.365 e. The first-order chi connectivity index (χ1) is 9.04. The summed E-state index contributed by atoms with van der Waals surface area (Å²) in [5.74, 6) is 2.14. The van der Waals surface area contributed by atoms with E-state index in [1.807, 2.05) is 0 Å². The Morgan fingerprint density at radius 1 is 1.16 bits per heavy atom. The Morgan fingerprint density at radius 2 is 1.95 bits per heavy atom. The lowest BCUT2D eigenvalue weighted by Crippen LogP contribution is -2.34. The molecule has 0 aromatic heterocycles. The maximum Gasteiger partial charge on any atom is 0.136 e. The van der Waals surface area contributed by atoms with E-state index in [4.69, 9.17) is 4.74 Å². The van der Waals surface area contributed by atoms with Gasteiger partial charge in [0.25, 0.3) is 0 Å². The smallest absolute Gasteiger partial charge is 0.136 e. The van der Waals surface area contributed by atoms with Crippen molar-refractivity contribution in [2.75, 3.05) is 0 Å².